The first-order valence-electron chi connectivity index (χ1n) is 5.87. The topological polar surface area (TPSA) is 111 Å². The van der Waals surface area contributed by atoms with Crippen LogP contribution in [-0.2, 0) is 9.59 Å². The van der Waals surface area contributed by atoms with Crippen molar-refractivity contribution in [3.8, 4) is 5.75 Å². The lowest BCUT2D eigenvalue weighted by Gasteiger charge is -2.07. The molecule has 0 bridgehead atoms. The standard InChI is InChI=1S/C12H15N3O5/c1-9(16)13-6-7-14-12(17)8-20-11-4-2-10(3-5-11)15(18)19/h2-5H,6-8H2,1H3,(H,13,16)(H,14,17). The molecule has 0 aliphatic heterocycles. The Hall–Kier alpha value is -2.64. The van der Waals surface area contributed by atoms with E-state index in [0.29, 0.717) is 18.8 Å². The van der Waals surface area contributed by atoms with Gasteiger partial charge in [0.25, 0.3) is 11.6 Å². The molecule has 8 heteroatoms. The summed E-state index contributed by atoms with van der Waals surface area (Å²) in [5.74, 6) is -0.136. The Bertz CT molecular complexity index is 486. The maximum atomic E-state index is 11.4. The van der Waals surface area contributed by atoms with E-state index in [2.05, 4.69) is 10.6 Å². The van der Waals surface area contributed by atoms with E-state index in [9.17, 15) is 19.7 Å². The maximum absolute atomic E-state index is 11.4. The largest absolute Gasteiger partial charge is 0.484 e. The zero-order valence-electron chi connectivity index (χ0n) is 10.9. The van der Waals surface area contributed by atoms with Crippen LogP contribution in [0.25, 0.3) is 0 Å². The van der Waals surface area contributed by atoms with Gasteiger partial charge in [0.2, 0.25) is 5.91 Å². The first-order valence-corrected chi connectivity index (χ1v) is 5.87. The van der Waals surface area contributed by atoms with Gasteiger partial charge in [-0.25, -0.2) is 0 Å². The predicted octanol–water partition coefficient (Wildman–Crippen LogP) is 0.226. The van der Waals surface area contributed by atoms with Crippen molar-refractivity contribution in [2.45, 2.75) is 6.92 Å². The van der Waals surface area contributed by atoms with Crippen molar-refractivity contribution in [3.63, 3.8) is 0 Å². The second-order valence-corrected chi connectivity index (χ2v) is 3.87. The van der Waals surface area contributed by atoms with Crippen LogP contribution in [0.15, 0.2) is 24.3 Å². The summed E-state index contributed by atoms with van der Waals surface area (Å²) < 4.78 is 5.16. The average Bonchev–Trinajstić information content (AvgIpc) is 2.41. The quantitative estimate of drug-likeness (QED) is 0.422. The molecule has 1 rings (SSSR count). The third kappa shape index (κ3) is 5.80. The Morgan fingerprint density at radius 3 is 2.35 bits per heavy atom. The van der Waals surface area contributed by atoms with E-state index in [1.165, 1.54) is 31.2 Å². The summed E-state index contributed by atoms with van der Waals surface area (Å²) >= 11 is 0. The van der Waals surface area contributed by atoms with Crippen molar-refractivity contribution in [1.29, 1.82) is 0 Å². The number of ether oxygens (including phenoxy) is 1. The highest BCUT2D eigenvalue weighted by Gasteiger charge is 2.06. The van der Waals surface area contributed by atoms with Crippen molar-refractivity contribution in [2.24, 2.45) is 0 Å². The molecule has 20 heavy (non-hydrogen) atoms. The summed E-state index contributed by atoms with van der Waals surface area (Å²) in [5.41, 5.74) is -0.0443. The average molecular weight is 281 g/mol. The highest BCUT2D eigenvalue weighted by atomic mass is 16.6. The number of nitrogens with one attached hydrogen (secondary N) is 2. The smallest absolute Gasteiger partial charge is 0.269 e. The molecule has 0 saturated heterocycles. The summed E-state index contributed by atoms with van der Waals surface area (Å²) in [6, 6.07) is 5.43. The van der Waals surface area contributed by atoms with Gasteiger partial charge in [-0.2, -0.15) is 0 Å². The fourth-order valence-corrected chi connectivity index (χ4v) is 1.30. The molecule has 0 fully saturated rings. The number of nitro benzene ring substituents is 1. The molecular weight excluding hydrogens is 266 g/mol. The molecule has 1 aromatic rings. The van der Waals surface area contributed by atoms with Crippen molar-refractivity contribution >= 4 is 17.5 Å². The van der Waals surface area contributed by atoms with Gasteiger partial charge in [0.15, 0.2) is 6.61 Å². The second-order valence-electron chi connectivity index (χ2n) is 3.87. The molecular formula is C12H15N3O5. The fraction of sp³-hybridized carbons (Fsp3) is 0.333. The van der Waals surface area contributed by atoms with Gasteiger partial charge in [-0.1, -0.05) is 0 Å². The Morgan fingerprint density at radius 2 is 1.80 bits per heavy atom. The molecule has 8 nitrogen and oxygen atoms in total. The van der Waals surface area contributed by atoms with Crippen LogP contribution in [0.2, 0.25) is 0 Å². The molecule has 0 unspecified atom stereocenters. The molecule has 108 valence electrons. The molecule has 0 heterocycles. The van der Waals surface area contributed by atoms with Gasteiger partial charge in [0.05, 0.1) is 4.92 Å². The van der Waals surface area contributed by atoms with E-state index >= 15 is 0 Å². The van der Waals surface area contributed by atoms with Crippen LogP contribution in [-0.4, -0.2) is 36.4 Å². The van der Waals surface area contributed by atoms with Crippen molar-refractivity contribution in [3.05, 3.63) is 34.4 Å². The minimum atomic E-state index is -0.515. The van der Waals surface area contributed by atoms with Crippen LogP contribution < -0.4 is 15.4 Å². The highest BCUT2D eigenvalue weighted by Crippen LogP contribution is 2.16. The first-order chi connectivity index (χ1) is 9.49. The van der Waals surface area contributed by atoms with Crippen molar-refractivity contribution in [1.82, 2.24) is 10.6 Å². The van der Waals surface area contributed by atoms with Crippen LogP contribution >= 0.6 is 0 Å². The molecule has 0 atom stereocenters. The Morgan fingerprint density at radius 1 is 1.20 bits per heavy atom. The summed E-state index contributed by atoms with van der Waals surface area (Å²) in [6.07, 6.45) is 0. The molecule has 0 radical (unpaired) electrons. The van der Waals surface area contributed by atoms with Gasteiger partial charge < -0.3 is 15.4 Å². The minimum Gasteiger partial charge on any atom is -0.484 e. The summed E-state index contributed by atoms with van der Waals surface area (Å²) in [4.78, 5) is 31.9. The third-order valence-electron chi connectivity index (χ3n) is 2.24. The van der Waals surface area contributed by atoms with E-state index in [1.807, 2.05) is 0 Å². The second kappa shape index (κ2) is 7.72. The molecule has 2 amide bonds. The molecule has 0 saturated carbocycles. The molecule has 1 aromatic carbocycles. The fourth-order valence-electron chi connectivity index (χ4n) is 1.30. The normalized spacial score (nSPS) is 9.65. The zero-order chi connectivity index (χ0) is 15.0. The number of hydrogen-bond donors (Lipinski definition) is 2. The number of non-ortho nitro benzene ring substituents is 1. The van der Waals surface area contributed by atoms with E-state index in [1.54, 1.807) is 0 Å². The molecule has 0 aliphatic carbocycles. The van der Waals surface area contributed by atoms with Gasteiger partial charge in [-0.3, -0.25) is 19.7 Å². The molecule has 2 N–H and O–H groups in total. The number of carbonyl (C=O) groups excluding carboxylic acids is 2. The Labute approximate surface area is 115 Å². The van der Waals surface area contributed by atoms with E-state index in [-0.39, 0.29) is 24.1 Å². The van der Waals surface area contributed by atoms with Crippen LogP contribution in [0.5, 0.6) is 5.75 Å². The third-order valence-corrected chi connectivity index (χ3v) is 2.24. The van der Waals surface area contributed by atoms with Crippen LogP contribution in [0.4, 0.5) is 5.69 Å². The highest BCUT2D eigenvalue weighted by molar-refractivity contribution is 5.77. The molecule has 0 aliphatic rings. The van der Waals surface area contributed by atoms with Gasteiger partial charge in [0.1, 0.15) is 5.75 Å². The van der Waals surface area contributed by atoms with Gasteiger partial charge in [0, 0.05) is 32.1 Å². The molecule has 0 spiro atoms. The SMILES string of the molecule is CC(=O)NCCNC(=O)COc1ccc([N+](=O)[O-])cc1. The zero-order valence-corrected chi connectivity index (χ0v) is 10.9. The lowest BCUT2D eigenvalue weighted by atomic mass is 10.3. The van der Waals surface area contributed by atoms with Crippen LogP contribution in [0, 0.1) is 10.1 Å². The van der Waals surface area contributed by atoms with Gasteiger partial charge >= 0.3 is 0 Å². The number of rotatable bonds is 7. The number of carbonyl (C=O) groups is 2. The van der Waals surface area contributed by atoms with Crippen LogP contribution in [0.1, 0.15) is 6.92 Å². The number of nitrogens with zero attached hydrogens (tertiary/aromatic N) is 1. The van der Waals surface area contributed by atoms with Crippen molar-refractivity contribution in [2.75, 3.05) is 19.7 Å². The number of hydrogen-bond acceptors (Lipinski definition) is 5. The Balaban J connectivity index is 2.26. The van der Waals surface area contributed by atoms with Gasteiger partial charge in [-0.15, -0.1) is 0 Å². The summed E-state index contributed by atoms with van der Waals surface area (Å²) in [5, 5.41) is 15.5. The predicted molar refractivity (Wildman–Crippen MR) is 70.3 cm³/mol. The van der Waals surface area contributed by atoms with Gasteiger partial charge in [-0.05, 0) is 12.1 Å². The molecule has 0 aromatic heterocycles. The van der Waals surface area contributed by atoms with Crippen molar-refractivity contribution < 1.29 is 19.2 Å². The number of nitro groups is 1. The Kier molecular flexibility index (Phi) is 5.95. The van der Waals surface area contributed by atoms with E-state index in [4.69, 9.17) is 4.74 Å². The minimum absolute atomic E-state index is 0.0443. The monoisotopic (exact) mass is 281 g/mol. The first kappa shape index (κ1) is 15.4. The van der Waals surface area contributed by atoms with Crippen LogP contribution in [0.3, 0.4) is 0 Å². The summed E-state index contributed by atoms with van der Waals surface area (Å²) in [7, 11) is 0. The summed E-state index contributed by atoms with van der Waals surface area (Å²) in [6.45, 7) is 1.85. The van der Waals surface area contributed by atoms with E-state index in [0.717, 1.165) is 0 Å². The lowest BCUT2D eigenvalue weighted by molar-refractivity contribution is -0.384. The lowest BCUT2D eigenvalue weighted by Crippen LogP contribution is -2.36. The van der Waals surface area contributed by atoms with E-state index < -0.39 is 4.92 Å². The number of amides is 2. The number of benzene rings is 1. The maximum Gasteiger partial charge on any atom is 0.269 e.